The molecule has 1 rings (SSSR count). The third kappa shape index (κ3) is 3.35. The molecule has 0 aliphatic heterocycles. The van der Waals surface area contributed by atoms with E-state index in [9.17, 15) is 22.8 Å². The third-order valence-corrected chi connectivity index (χ3v) is 3.71. The van der Waals surface area contributed by atoms with Crippen molar-refractivity contribution in [3.05, 3.63) is 32.4 Å². The highest BCUT2D eigenvalue weighted by molar-refractivity contribution is 14.1. The number of benzene rings is 1. The maximum atomic E-state index is 12.8. The van der Waals surface area contributed by atoms with Crippen LogP contribution in [0.5, 0.6) is 0 Å². The van der Waals surface area contributed by atoms with Crippen LogP contribution < -0.4 is 5.32 Å². The number of aliphatic carboxylic acids is 1. The number of carboxylic acid groups (broad SMARTS) is 1. The van der Waals surface area contributed by atoms with Crippen molar-refractivity contribution in [2.24, 2.45) is 0 Å². The van der Waals surface area contributed by atoms with Gasteiger partial charge in [0.15, 0.2) is 0 Å². The van der Waals surface area contributed by atoms with E-state index in [0.29, 0.717) is 10.5 Å². The van der Waals surface area contributed by atoms with Gasteiger partial charge in [0, 0.05) is 8.59 Å². The highest BCUT2D eigenvalue weighted by atomic mass is 127. The summed E-state index contributed by atoms with van der Waals surface area (Å²) in [5.41, 5.74) is -3.51. The molecule has 110 valence electrons. The third-order valence-electron chi connectivity index (χ3n) is 2.53. The molecule has 0 spiro atoms. The molecule has 0 aliphatic carbocycles. The quantitative estimate of drug-likeness (QED) is 0.737. The number of hydrogen-bond donors (Lipinski definition) is 2. The SMILES string of the molecule is CC(NC(=O)c1cc(Cl)ccc1I)(C(=O)O)C(F)(F)F. The van der Waals surface area contributed by atoms with E-state index in [1.165, 1.54) is 17.4 Å². The van der Waals surface area contributed by atoms with E-state index in [1.54, 1.807) is 22.6 Å². The molecule has 0 saturated carbocycles. The number of alkyl halides is 3. The lowest BCUT2D eigenvalue weighted by Crippen LogP contribution is -2.62. The van der Waals surface area contributed by atoms with Gasteiger partial charge in [0.1, 0.15) is 0 Å². The second-order valence-electron chi connectivity index (χ2n) is 4.01. The van der Waals surface area contributed by atoms with Crippen molar-refractivity contribution in [2.45, 2.75) is 18.6 Å². The Morgan fingerprint density at radius 1 is 1.35 bits per heavy atom. The second-order valence-corrected chi connectivity index (χ2v) is 5.60. The van der Waals surface area contributed by atoms with Gasteiger partial charge in [-0.3, -0.25) is 4.79 Å². The minimum Gasteiger partial charge on any atom is -0.479 e. The number of nitrogens with one attached hydrogen (secondary N) is 1. The Morgan fingerprint density at radius 2 is 1.90 bits per heavy atom. The first-order chi connectivity index (χ1) is 8.99. The van der Waals surface area contributed by atoms with Gasteiger partial charge in [-0.2, -0.15) is 13.2 Å². The Hall–Kier alpha value is -1.03. The van der Waals surface area contributed by atoms with Crippen molar-refractivity contribution in [1.29, 1.82) is 0 Å². The minimum absolute atomic E-state index is 0.130. The van der Waals surface area contributed by atoms with Crippen LogP contribution in [-0.2, 0) is 4.79 Å². The lowest BCUT2D eigenvalue weighted by atomic mass is 10.0. The van der Waals surface area contributed by atoms with Gasteiger partial charge in [-0.15, -0.1) is 0 Å². The fourth-order valence-electron chi connectivity index (χ4n) is 1.21. The molecule has 0 fully saturated rings. The van der Waals surface area contributed by atoms with Crippen molar-refractivity contribution in [1.82, 2.24) is 5.32 Å². The Kier molecular flexibility index (Phi) is 4.90. The van der Waals surface area contributed by atoms with Crippen LogP contribution in [0.4, 0.5) is 13.2 Å². The van der Waals surface area contributed by atoms with E-state index in [4.69, 9.17) is 16.7 Å². The average molecular weight is 422 g/mol. The van der Waals surface area contributed by atoms with Crippen molar-refractivity contribution >= 4 is 46.1 Å². The zero-order valence-corrected chi connectivity index (χ0v) is 12.8. The molecule has 0 radical (unpaired) electrons. The van der Waals surface area contributed by atoms with E-state index in [-0.39, 0.29) is 10.6 Å². The van der Waals surface area contributed by atoms with Crippen LogP contribution in [-0.4, -0.2) is 28.7 Å². The number of carbonyl (C=O) groups is 2. The van der Waals surface area contributed by atoms with Gasteiger partial charge in [-0.05, 0) is 47.7 Å². The zero-order valence-electron chi connectivity index (χ0n) is 9.89. The van der Waals surface area contributed by atoms with Gasteiger partial charge in [-0.25, -0.2) is 4.79 Å². The van der Waals surface area contributed by atoms with Crippen LogP contribution >= 0.6 is 34.2 Å². The second kappa shape index (κ2) is 5.76. The highest BCUT2D eigenvalue weighted by Crippen LogP contribution is 2.31. The van der Waals surface area contributed by atoms with E-state index in [0.717, 1.165) is 6.07 Å². The lowest BCUT2D eigenvalue weighted by molar-refractivity contribution is -0.203. The molecule has 1 atom stereocenters. The zero-order chi connectivity index (χ0) is 15.7. The van der Waals surface area contributed by atoms with Crippen molar-refractivity contribution in [2.75, 3.05) is 0 Å². The summed E-state index contributed by atoms with van der Waals surface area (Å²) in [6.07, 6.45) is -5.14. The molecule has 1 amide bonds. The summed E-state index contributed by atoms with van der Waals surface area (Å²) < 4.78 is 38.7. The highest BCUT2D eigenvalue weighted by Gasteiger charge is 2.58. The first-order valence-corrected chi connectivity index (χ1v) is 6.52. The molecule has 2 N–H and O–H groups in total. The van der Waals surface area contributed by atoms with Crippen molar-refractivity contribution in [3.63, 3.8) is 0 Å². The Bertz CT molecular complexity index is 564. The summed E-state index contributed by atoms with van der Waals surface area (Å²) in [7, 11) is 0. The summed E-state index contributed by atoms with van der Waals surface area (Å²) in [5, 5.41) is 10.4. The van der Waals surface area contributed by atoms with Crippen LogP contribution in [0.2, 0.25) is 5.02 Å². The van der Waals surface area contributed by atoms with Gasteiger partial charge < -0.3 is 10.4 Å². The smallest absolute Gasteiger partial charge is 0.422 e. The number of carbonyl (C=O) groups excluding carboxylic acids is 1. The molecular weight excluding hydrogens is 413 g/mol. The molecule has 0 aliphatic rings. The normalized spacial score (nSPS) is 14.5. The number of hydrogen-bond acceptors (Lipinski definition) is 2. The van der Waals surface area contributed by atoms with Gasteiger partial charge in [0.05, 0.1) is 5.56 Å². The average Bonchev–Trinajstić information content (AvgIpc) is 2.30. The number of carboxylic acids is 1. The van der Waals surface area contributed by atoms with E-state index in [2.05, 4.69) is 0 Å². The molecule has 9 heteroatoms. The summed E-state index contributed by atoms with van der Waals surface area (Å²) >= 11 is 7.40. The van der Waals surface area contributed by atoms with Gasteiger partial charge in [0.25, 0.3) is 5.91 Å². The monoisotopic (exact) mass is 421 g/mol. The lowest BCUT2D eigenvalue weighted by Gasteiger charge is -2.28. The summed E-state index contributed by atoms with van der Waals surface area (Å²) in [4.78, 5) is 22.7. The predicted molar refractivity (Wildman–Crippen MR) is 73.7 cm³/mol. The molecule has 0 heterocycles. The summed E-state index contributed by atoms with van der Waals surface area (Å²) in [6.45, 7) is 0.380. The first kappa shape index (κ1) is 17.0. The van der Waals surface area contributed by atoms with Gasteiger partial charge in [-0.1, -0.05) is 11.6 Å². The van der Waals surface area contributed by atoms with Crippen molar-refractivity contribution in [3.8, 4) is 0 Å². The number of halogens is 5. The summed E-state index contributed by atoms with van der Waals surface area (Å²) in [6, 6.07) is 4.06. The Balaban J connectivity index is 3.16. The molecule has 4 nitrogen and oxygen atoms in total. The predicted octanol–water partition coefficient (Wildman–Crippen LogP) is 3.08. The van der Waals surface area contributed by atoms with Crippen LogP contribution in [0.3, 0.4) is 0 Å². The van der Waals surface area contributed by atoms with Gasteiger partial charge >= 0.3 is 12.1 Å². The molecule has 1 aromatic rings. The molecule has 0 saturated heterocycles. The topological polar surface area (TPSA) is 66.4 Å². The molecule has 20 heavy (non-hydrogen) atoms. The van der Waals surface area contributed by atoms with E-state index < -0.39 is 23.6 Å². The van der Waals surface area contributed by atoms with Gasteiger partial charge in [0.2, 0.25) is 5.54 Å². The number of amides is 1. The first-order valence-electron chi connectivity index (χ1n) is 5.06. The fraction of sp³-hybridized carbons (Fsp3) is 0.273. The van der Waals surface area contributed by atoms with Crippen LogP contribution in [0.15, 0.2) is 18.2 Å². The Morgan fingerprint density at radius 3 is 2.35 bits per heavy atom. The standard InChI is InChI=1S/C11H8ClF3INO3/c1-10(9(19)20,11(13,14)15)17-8(18)6-4-5(12)2-3-7(6)16/h2-4H,1H3,(H,17,18)(H,19,20). The molecule has 0 aromatic heterocycles. The van der Waals surface area contributed by atoms with Crippen LogP contribution in [0, 0.1) is 3.57 Å². The van der Waals surface area contributed by atoms with Crippen LogP contribution in [0.1, 0.15) is 17.3 Å². The maximum absolute atomic E-state index is 12.8. The molecule has 0 bridgehead atoms. The Labute approximate surface area is 130 Å². The largest absolute Gasteiger partial charge is 0.479 e. The maximum Gasteiger partial charge on any atom is 0.422 e. The summed E-state index contributed by atoms with van der Waals surface area (Å²) in [5.74, 6) is -3.37. The minimum atomic E-state index is -5.14. The molecule has 1 aromatic carbocycles. The molecular formula is C11H8ClF3INO3. The fourth-order valence-corrected chi connectivity index (χ4v) is 1.96. The van der Waals surface area contributed by atoms with Crippen molar-refractivity contribution < 1.29 is 27.9 Å². The number of rotatable bonds is 3. The van der Waals surface area contributed by atoms with E-state index >= 15 is 0 Å². The van der Waals surface area contributed by atoms with E-state index in [1.807, 2.05) is 0 Å². The molecule has 1 unspecified atom stereocenters. The van der Waals surface area contributed by atoms with Crippen LogP contribution in [0.25, 0.3) is 0 Å².